The quantitative estimate of drug-likeness (QED) is 0.440. The molecular formula is C17H23N5OS2. The van der Waals surface area contributed by atoms with E-state index >= 15 is 0 Å². The van der Waals surface area contributed by atoms with Crippen LogP contribution in [0.5, 0.6) is 0 Å². The van der Waals surface area contributed by atoms with Crippen molar-refractivity contribution in [3.8, 4) is 10.7 Å². The number of carbonyl (C=O) groups is 1. The van der Waals surface area contributed by atoms with Gasteiger partial charge in [-0.25, -0.2) is 4.68 Å². The van der Waals surface area contributed by atoms with Gasteiger partial charge in [0.1, 0.15) is 0 Å². The minimum absolute atomic E-state index is 0.00193. The third-order valence-electron chi connectivity index (χ3n) is 4.19. The van der Waals surface area contributed by atoms with Crippen LogP contribution in [0.2, 0.25) is 0 Å². The number of nitrogens with two attached hydrogens (primary N) is 1. The summed E-state index contributed by atoms with van der Waals surface area (Å²) in [6, 6.07) is 3.89. The largest absolute Gasteiger partial charge is 0.355 e. The van der Waals surface area contributed by atoms with Crippen LogP contribution in [0.15, 0.2) is 34.3 Å². The molecule has 1 aliphatic rings. The van der Waals surface area contributed by atoms with Crippen LogP contribution in [0.4, 0.5) is 0 Å². The Labute approximate surface area is 155 Å². The molecule has 0 saturated heterocycles. The first-order valence-corrected chi connectivity index (χ1v) is 10.3. The minimum Gasteiger partial charge on any atom is -0.355 e. The molecule has 0 unspecified atom stereocenters. The average Bonchev–Trinajstić information content (AvgIpc) is 3.26. The summed E-state index contributed by atoms with van der Waals surface area (Å²) in [5, 5.41) is 13.5. The Hall–Kier alpha value is -1.80. The minimum atomic E-state index is -0.275. The summed E-state index contributed by atoms with van der Waals surface area (Å²) < 4.78 is 1.45. The molecule has 0 bridgehead atoms. The lowest BCUT2D eigenvalue weighted by Crippen LogP contribution is -2.32. The van der Waals surface area contributed by atoms with Crippen molar-refractivity contribution in [2.75, 3.05) is 12.4 Å². The first-order valence-electron chi connectivity index (χ1n) is 8.52. The molecule has 8 heteroatoms. The van der Waals surface area contributed by atoms with Crippen molar-refractivity contribution in [1.82, 2.24) is 20.2 Å². The number of carbonyl (C=O) groups excluding carboxylic acids is 1. The molecule has 6 nitrogen and oxygen atoms in total. The smallest absolute Gasteiger partial charge is 0.233 e. The first kappa shape index (κ1) is 18.0. The maximum Gasteiger partial charge on any atom is 0.233 e. The molecule has 2 aromatic rings. The summed E-state index contributed by atoms with van der Waals surface area (Å²) in [7, 11) is 0. The predicted molar refractivity (Wildman–Crippen MR) is 103 cm³/mol. The van der Waals surface area contributed by atoms with Gasteiger partial charge in [0.05, 0.1) is 10.1 Å². The molecule has 0 radical (unpaired) electrons. The lowest BCUT2D eigenvalue weighted by atomic mass is 9.97. The third-order valence-corrected chi connectivity index (χ3v) is 6.11. The molecular weight excluding hydrogens is 354 g/mol. The van der Waals surface area contributed by atoms with Crippen LogP contribution in [0.1, 0.15) is 39.0 Å². The Bertz CT molecular complexity index is 738. The highest BCUT2D eigenvalue weighted by atomic mass is 32.2. The molecule has 25 heavy (non-hydrogen) atoms. The van der Waals surface area contributed by atoms with Crippen LogP contribution in [0.3, 0.4) is 0 Å². The number of nitrogens with zero attached hydrogens (tertiary/aromatic N) is 3. The number of thioether (sulfide) groups is 1. The highest BCUT2D eigenvalue weighted by Crippen LogP contribution is 2.27. The number of thiophene rings is 1. The van der Waals surface area contributed by atoms with Gasteiger partial charge in [-0.05, 0) is 50.5 Å². The van der Waals surface area contributed by atoms with E-state index in [2.05, 4.69) is 21.6 Å². The summed E-state index contributed by atoms with van der Waals surface area (Å²) in [6.07, 6.45) is 8.16. The summed E-state index contributed by atoms with van der Waals surface area (Å²) in [6.45, 7) is 2.55. The lowest BCUT2D eigenvalue weighted by Gasteiger charge is -2.14. The van der Waals surface area contributed by atoms with Crippen LogP contribution < -0.4 is 11.2 Å². The van der Waals surface area contributed by atoms with E-state index in [1.54, 1.807) is 11.3 Å². The zero-order valence-corrected chi connectivity index (χ0v) is 15.9. The number of allylic oxidation sites excluding steroid dienone is 1. The van der Waals surface area contributed by atoms with Crippen molar-refractivity contribution < 1.29 is 4.79 Å². The van der Waals surface area contributed by atoms with Gasteiger partial charge >= 0.3 is 0 Å². The number of rotatable bonds is 7. The normalized spacial score (nSPS) is 15.6. The standard InChI is InChI=1S/C17H23N5OS2/c1-12(16(23)19-10-9-13-6-3-2-4-7-13)25-17-21-20-15(22(17)18)14-8-5-11-24-14/h5-6,8,11-12H,2-4,7,9-10,18H2,1H3,(H,19,23)/t12-/m0/s1. The van der Waals surface area contributed by atoms with Crippen LogP contribution in [0, 0.1) is 0 Å². The Balaban J connectivity index is 1.50. The van der Waals surface area contributed by atoms with Crippen LogP contribution in [-0.2, 0) is 4.79 Å². The van der Waals surface area contributed by atoms with E-state index in [1.807, 2.05) is 24.4 Å². The molecule has 0 saturated carbocycles. The topological polar surface area (TPSA) is 85.8 Å². The molecule has 0 aliphatic heterocycles. The zero-order chi connectivity index (χ0) is 17.6. The van der Waals surface area contributed by atoms with Crippen molar-refractivity contribution in [2.45, 2.75) is 49.4 Å². The number of nitrogens with one attached hydrogen (secondary N) is 1. The molecule has 3 N–H and O–H groups in total. The zero-order valence-electron chi connectivity index (χ0n) is 14.3. The van der Waals surface area contributed by atoms with Gasteiger partial charge in [-0.3, -0.25) is 4.79 Å². The van der Waals surface area contributed by atoms with E-state index in [-0.39, 0.29) is 11.2 Å². The fourth-order valence-electron chi connectivity index (χ4n) is 2.76. The van der Waals surface area contributed by atoms with E-state index in [0.29, 0.717) is 17.5 Å². The number of hydrogen-bond acceptors (Lipinski definition) is 6. The molecule has 1 aliphatic carbocycles. The van der Waals surface area contributed by atoms with Gasteiger partial charge in [0.25, 0.3) is 0 Å². The van der Waals surface area contributed by atoms with Crippen molar-refractivity contribution in [1.29, 1.82) is 0 Å². The molecule has 2 aromatic heterocycles. The van der Waals surface area contributed by atoms with Crippen molar-refractivity contribution in [3.63, 3.8) is 0 Å². The monoisotopic (exact) mass is 377 g/mol. The molecule has 0 spiro atoms. The Morgan fingerprint density at radius 1 is 1.48 bits per heavy atom. The van der Waals surface area contributed by atoms with E-state index < -0.39 is 0 Å². The van der Waals surface area contributed by atoms with Gasteiger partial charge in [-0.2, -0.15) is 0 Å². The molecule has 134 valence electrons. The van der Waals surface area contributed by atoms with Crippen LogP contribution >= 0.6 is 23.1 Å². The summed E-state index contributed by atoms with van der Waals surface area (Å²) in [4.78, 5) is 13.2. The van der Waals surface area contributed by atoms with Gasteiger partial charge in [0.15, 0.2) is 5.82 Å². The summed E-state index contributed by atoms with van der Waals surface area (Å²) in [5.41, 5.74) is 1.47. The third kappa shape index (κ3) is 4.64. The second-order valence-electron chi connectivity index (χ2n) is 6.06. The Kier molecular flexibility index (Phi) is 6.14. The van der Waals surface area contributed by atoms with Gasteiger partial charge in [-0.1, -0.05) is 29.5 Å². The van der Waals surface area contributed by atoms with Crippen molar-refractivity contribution >= 4 is 29.0 Å². The van der Waals surface area contributed by atoms with E-state index in [9.17, 15) is 4.79 Å². The highest BCUT2D eigenvalue weighted by molar-refractivity contribution is 8.00. The second-order valence-corrected chi connectivity index (χ2v) is 8.32. The summed E-state index contributed by atoms with van der Waals surface area (Å²) in [5.74, 6) is 6.70. The molecule has 1 atom stereocenters. The predicted octanol–water partition coefficient (Wildman–Crippen LogP) is 3.21. The number of hydrogen-bond donors (Lipinski definition) is 2. The molecule has 3 rings (SSSR count). The van der Waals surface area contributed by atoms with Gasteiger partial charge in [0, 0.05) is 6.54 Å². The SMILES string of the molecule is C[C@H](Sc1nnc(-c2cccs2)n1N)C(=O)NCCC1=CCCCC1. The molecule has 2 heterocycles. The number of aromatic nitrogens is 3. The van der Waals surface area contributed by atoms with E-state index in [0.717, 1.165) is 11.3 Å². The second kappa shape index (κ2) is 8.53. The average molecular weight is 378 g/mol. The fourth-order valence-corrected chi connectivity index (χ4v) is 4.26. The number of nitrogen functional groups attached to an aromatic ring is 1. The van der Waals surface area contributed by atoms with Gasteiger partial charge in [-0.15, -0.1) is 21.5 Å². The highest BCUT2D eigenvalue weighted by Gasteiger charge is 2.20. The summed E-state index contributed by atoms with van der Waals surface area (Å²) >= 11 is 2.88. The first-order chi connectivity index (χ1) is 12.1. The van der Waals surface area contributed by atoms with Crippen molar-refractivity contribution in [2.24, 2.45) is 0 Å². The van der Waals surface area contributed by atoms with E-state index in [4.69, 9.17) is 5.84 Å². The maximum atomic E-state index is 12.3. The molecule has 1 amide bonds. The van der Waals surface area contributed by atoms with Crippen LogP contribution in [-0.4, -0.2) is 32.6 Å². The van der Waals surface area contributed by atoms with E-state index in [1.165, 1.54) is 47.7 Å². The molecule has 0 aromatic carbocycles. The maximum absolute atomic E-state index is 12.3. The van der Waals surface area contributed by atoms with Gasteiger partial charge in [0.2, 0.25) is 11.1 Å². The fraction of sp³-hybridized carbons (Fsp3) is 0.471. The lowest BCUT2D eigenvalue weighted by molar-refractivity contribution is -0.120. The van der Waals surface area contributed by atoms with Crippen molar-refractivity contribution in [3.05, 3.63) is 29.2 Å². The van der Waals surface area contributed by atoms with Crippen LogP contribution in [0.25, 0.3) is 10.7 Å². The Morgan fingerprint density at radius 3 is 3.08 bits per heavy atom. The molecule has 0 fully saturated rings. The Morgan fingerprint density at radius 2 is 2.36 bits per heavy atom. The van der Waals surface area contributed by atoms with Gasteiger partial charge < -0.3 is 11.2 Å². The number of amides is 1.